The van der Waals surface area contributed by atoms with Crippen molar-refractivity contribution in [1.82, 2.24) is 0 Å². The van der Waals surface area contributed by atoms with Crippen molar-refractivity contribution < 1.29 is 24.2 Å². The van der Waals surface area contributed by atoms with Crippen molar-refractivity contribution in [2.45, 2.75) is 103 Å². The first-order chi connectivity index (χ1) is 15.0. The van der Waals surface area contributed by atoms with Gasteiger partial charge in [-0.1, -0.05) is 96.3 Å². The Bertz CT molecular complexity index is 754. The van der Waals surface area contributed by atoms with E-state index in [9.17, 15) is 19.5 Å². The third kappa shape index (κ3) is 6.25. The maximum Gasteiger partial charge on any atom is 0.354 e. The average molecular weight is 431 g/mol. The van der Waals surface area contributed by atoms with Crippen molar-refractivity contribution in [2.75, 3.05) is 6.61 Å². The topological polar surface area (TPSA) is 80.7 Å². The normalized spacial score (nSPS) is 17.8. The largest absolute Gasteiger partial charge is 0.463 e. The van der Waals surface area contributed by atoms with E-state index in [4.69, 9.17) is 4.74 Å². The number of carbonyl (C=O) groups is 3. The summed E-state index contributed by atoms with van der Waals surface area (Å²) in [6, 6.07) is 5.03. The standard InChI is InChI=1S/C26H38O5/c1-3-5-7-9-11-13-16-20-17-15-18-21-22(20)24(28)26(30,23(21)27)25(29)31-19-14-12-10-8-6-4-2/h15,17-18,30H,3-14,16,19H2,1-2H3. The SMILES string of the molecule is CCCCCCCCOC(=O)C1(O)C(=O)c2cccc(CCCCCCCC)c2C1=O. The maximum absolute atomic E-state index is 13.0. The highest BCUT2D eigenvalue weighted by atomic mass is 16.6. The van der Waals surface area contributed by atoms with Gasteiger partial charge in [0.1, 0.15) is 0 Å². The molecule has 5 heteroatoms. The van der Waals surface area contributed by atoms with Crippen molar-refractivity contribution in [1.29, 1.82) is 0 Å². The van der Waals surface area contributed by atoms with Crippen molar-refractivity contribution in [3.63, 3.8) is 0 Å². The van der Waals surface area contributed by atoms with Gasteiger partial charge in [0.25, 0.3) is 5.60 Å². The summed E-state index contributed by atoms with van der Waals surface area (Å²) in [5.74, 6) is -2.83. The van der Waals surface area contributed by atoms with Gasteiger partial charge in [-0.3, -0.25) is 9.59 Å². The summed E-state index contributed by atoms with van der Waals surface area (Å²) in [6.45, 7) is 4.43. The van der Waals surface area contributed by atoms with Gasteiger partial charge < -0.3 is 9.84 Å². The highest BCUT2D eigenvalue weighted by Gasteiger charge is 2.59. The number of rotatable bonds is 15. The van der Waals surface area contributed by atoms with Crippen molar-refractivity contribution in [2.24, 2.45) is 0 Å². The van der Waals surface area contributed by atoms with Gasteiger partial charge in [-0.05, 0) is 24.8 Å². The van der Waals surface area contributed by atoms with E-state index in [0.717, 1.165) is 50.5 Å². The summed E-state index contributed by atoms with van der Waals surface area (Å²) in [4.78, 5) is 38.4. The van der Waals surface area contributed by atoms with Crippen LogP contribution in [0.15, 0.2) is 18.2 Å². The maximum atomic E-state index is 13.0. The fraction of sp³-hybridized carbons (Fsp3) is 0.654. The first-order valence-corrected chi connectivity index (χ1v) is 12.1. The minimum Gasteiger partial charge on any atom is -0.463 e. The first kappa shape index (κ1) is 25.3. The lowest BCUT2D eigenvalue weighted by atomic mass is 9.95. The zero-order valence-electron chi connectivity index (χ0n) is 19.2. The fourth-order valence-electron chi connectivity index (χ4n) is 4.18. The number of ketones is 2. The van der Waals surface area contributed by atoms with Gasteiger partial charge in [-0.25, -0.2) is 4.79 Å². The number of fused-ring (bicyclic) bond motifs is 1. The molecular weight excluding hydrogens is 392 g/mol. The number of hydrogen-bond acceptors (Lipinski definition) is 5. The molecule has 0 bridgehead atoms. The number of carbonyl (C=O) groups excluding carboxylic acids is 3. The number of Topliss-reactive ketones (excluding diaryl/α,β-unsaturated/α-hetero) is 2. The van der Waals surface area contributed by atoms with Crippen LogP contribution in [0.2, 0.25) is 0 Å². The molecule has 5 nitrogen and oxygen atoms in total. The summed E-state index contributed by atoms with van der Waals surface area (Å²) >= 11 is 0. The van der Waals surface area contributed by atoms with Crippen LogP contribution in [-0.4, -0.2) is 34.9 Å². The Kier molecular flexibility index (Phi) is 10.4. The summed E-state index contributed by atoms with van der Waals surface area (Å²) in [7, 11) is 0. The van der Waals surface area contributed by atoms with Crippen molar-refractivity contribution in [3.05, 3.63) is 34.9 Å². The number of aryl methyl sites for hydroxylation is 1. The molecule has 0 heterocycles. The number of unbranched alkanes of at least 4 members (excludes halogenated alkanes) is 10. The van der Waals surface area contributed by atoms with Gasteiger partial charge in [-0.15, -0.1) is 0 Å². The van der Waals surface area contributed by atoms with Crippen LogP contribution in [-0.2, 0) is 16.0 Å². The van der Waals surface area contributed by atoms with Crippen LogP contribution in [0.1, 0.15) is 117 Å². The molecule has 0 aromatic heterocycles. The fourth-order valence-corrected chi connectivity index (χ4v) is 4.18. The van der Waals surface area contributed by atoms with Gasteiger partial charge in [0.2, 0.25) is 11.6 Å². The van der Waals surface area contributed by atoms with Crippen molar-refractivity contribution >= 4 is 17.5 Å². The first-order valence-electron chi connectivity index (χ1n) is 12.1. The minimum absolute atomic E-state index is 0.106. The van der Waals surface area contributed by atoms with Crippen molar-refractivity contribution in [3.8, 4) is 0 Å². The zero-order valence-corrected chi connectivity index (χ0v) is 19.2. The van der Waals surface area contributed by atoms with Crippen LogP contribution in [0.5, 0.6) is 0 Å². The Morgan fingerprint density at radius 1 is 0.839 bits per heavy atom. The highest BCUT2D eigenvalue weighted by Crippen LogP contribution is 2.34. The predicted molar refractivity (Wildman–Crippen MR) is 121 cm³/mol. The number of ether oxygens (including phenoxy) is 1. The average Bonchev–Trinajstić information content (AvgIpc) is 2.98. The van der Waals surface area contributed by atoms with Crippen LogP contribution in [0.25, 0.3) is 0 Å². The van der Waals surface area contributed by atoms with E-state index in [1.807, 2.05) is 6.07 Å². The number of benzene rings is 1. The van der Waals surface area contributed by atoms with E-state index >= 15 is 0 Å². The third-order valence-electron chi connectivity index (χ3n) is 6.11. The second-order valence-electron chi connectivity index (χ2n) is 8.63. The molecule has 1 N–H and O–H groups in total. The van der Waals surface area contributed by atoms with E-state index in [0.29, 0.717) is 12.8 Å². The Balaban J connectivity index is 1.96. The summed E-state index contributed by atoms with van der Waals surface area (Å²) < 4.78 is 5.15. The molecule has 172 valence electrons. The molecule has 0 saturated heterocycles. The minimum atomic E-state index is -2.73. The molecular formula is C26H38O5. The molecule has 1 aliphatic rings. The Morgan fingerprint density at radius 3 is 2.06 bits per heavy atom. The van der Waals surface area contributed by atoms with Crippen LogP contribution >= 0.6 is 0 Å². The van der Waals surface area contributed by atoms with E-state index in [1.54, 1.807) is 6.07 Å². The lowest BCUT2D eigenvalue weighted by molar-refractivity contribution is -0.156. The zero-order chi connectivity index (χ0) is 22.7. The molecule has 1 aromatic carbocycles. The van der Waals surface area contributed by atoms with Gasteiger partial charge in [-0.2, -0.15) is 0 Å². The number of hydrogen-bond donors (Lipinski definition) is 1. The molecule has 0 saturated carbocycles. The number of esters is 1. The molecule has 1 aliphatic carbocycles. The smallest absolute Gasteiger partial charge is 0.354 e. The van der Waals surface area contributed by atoms with E-state index in [-0.39, 0.29) is 17.7 Å². The highest BCUT2D eigenvalue weighted by molar-refractivity contribution is 6.41. The van der Waals surface area contributed by atoms with Crippen LogP contribution in [0.4, 0.5) is 0 Å². The molecule has 1 aromatic rings. The summed E-state index contributed by atoms with van der Waals surface area (Å²) in [5, 5.41) is 10.8. The molecule has 0 radical (unpaired) electrons. The molecule has 0 amide bonds. The van der Waals surface area contributed by atoms with Gasteiger partial charge in [0.05, 0.1) is 6.61 Å². The lowest BCUT2D eigenvalue weighted by Crippen LogP contribution is -2.50. The Labute approximate surface area is 186 Å². The molecule has 0 aliphatic heterocycles. The second-order valence-corrected chi connectivity index (χ2v) is 8.63. The molecule has 2 rings (SSSR count). The van der Waals surface area contributed by atoms with Crippen LogP contribution in [0.3, 0.4) is 0 Å². The predicted octanol–water partition coefficient (Wildman–Crippen LogP) is 5.60. The number of aliphatic hydroxyl groups is 1. The van der Waals surface area contributed by atoms with Gasteiger partial charge in [0, 0.05) is 11.1 Å². The quantitative estimate of drug-likeness (QED) is 0.222. The Morgan fingerprint density at radius 2 is 1.42 bits per heavy atom. The van der Waals surface area contributed by atoms with E-state index < -0.39 is 23.1 Å². The summed E-state index contributed by atoms with van der Waals surface area (Å²) in [5.41, 5.74) is -1.68. The van der Waals surface area contributed by atoms with Crippen LogP contribution in [0, 0.1) is 0 Å². The molecule has 0 fully saturated rings. The van der Waals surface area contributed by atoms with E-state index in [1.165, 1.54) is 31.7 Å². The third-order valence-corrected chi connectivity index (χ3v) is 6.11. The molecule has 1 atom stereocenters. The van der Waals surface area contributed by atoms with E-state index in [2.05, 4.69) is 13.8 Å². The second kappa shape index (κ2) is 12.7. The molecule has 31 heavy (non-hydrogen) atoms. The molecule has 0 spiro atoms. The van der Waals surface area contributed by atoms with Gasteiger partial charge >= 0.3 is 5.97 Å². The van der Waals surface area contributed by atoms with Gasteiger partial charge in [0.15, 0.2) is 0 Å². The summed E-state index contributed by atoms with van der Waals surface area (Å²) in [6.07, 6.45) is 13.5. The lowest BCUT2D eigenvalue weighted by Gasteiger charge is -2.17. The Hall–Kier alpha value is -2.01. The molecule has 1 unspecified atom stereocenters. The monoisotopic (exact) mass is 430 g/mol. The van der Waals surface area contributed by atoms with Crippen LogP contribution < -0.4 is 0 Å².